The summed E-state index contributed by atoms with van der Waals surface area (Å²) in [5.41, 5.74) is 1.08. The predicted octanol–water partition coefficient (Wildman–Crippen LogP) is -0.959. The van der Waals surface area contributed by atoms with E-state index < -0.39 is 73.9 Å². The average Bonchev–Trinajstić information content (AvgIpc) is 2.94. The van der Waals surface area contributed by atoms with Gasteiger partial charge in [-0.1, -0.05) is 12.1 Å². The molecule has 2 aromatic rings. The minimum atomic E-state index is -1.63. The van der Waals surface area contributed by atoms with Gasteiger partial charge in [0.2, 0.25) is 0 Å². The van der Waals surface area contributed by atoms with Crippen LogP contribution in [0.2, 0.25) is 0 Å². The van der Waals surface area contributed by atoms with Crippen LogP contribution >= 0.6 is 0 Å². The van der Waals surface area contributed by atoms with Gasteiger partial charge in [-0.05, 0) is 42.3 Å². The van der Waals surface area contributed by atoms with Gasteiger partial charge in [-0.15, -0.1) is 0 Å². The van der Waals surface area contributed by atoms with Gasteiger partial charge in [0.05, 0.1) is 25.2 Å². The Balaban J connectivity index is 1.30. The third-order valence-corrected chi connectivity index (χ3v) is 7.81. The highest BCUT2D eigenvalue weighted by molar-refractivity contribution is 6.02. The fourth-order valence-electron chi connectivity index (χ4n) is 5.39. The Hall–Kier alpha value is -2.85. The lowest BCUT2D eigenvalue weighted by atomic mass is 9.90. The molecule has 3 aliphatic heterocycles. The van der Waals surface area contributed by atoms with E-state index in [1.165, 1.54) is 31.2 Å². The molecule has 8 N–H and O–H groups in total. The Kier molecular flexibility index (Phi) is 8.53. The highest BCUT2D eigenvalue weighted by Crippen LogP contribution is 2.41. The maximum atomic E-state index is 12.8. The summed E-state index contributed by atoms with van der Waals surface area (Å²) in [5.74, 6) is -0.474. The first-order valence-corrected chi connectivity index (χ1v) is 13.3. The molecular weight excluding hydrogens is 544 g/mol. The SMILES string of the molecule is C[C@@H]1O[C@@H](OC[C@H]2O[C@@H](Cc3cc(O)c4c(c3)O[C@H](c3ccc(O)cc3)CC4=O)[C@H](O)[C@@H](O)[C@@H]2O)[C@H](O)[C@H](O)[C@H]1O. The van der Waals surface area contributed by atoms with E-state index in [4.69, 9.17) is 18.9 Å². The van der Waals surface area contributed by atoms with Crippen molar-refractivity contribution in [2.24, 2.45) is 0 Å². The number of aromatic hydroxyl groups is 2. The molecule has 0 amide bonds. The van der Waals surface area contributed by atoms with Crippen LogP contribution in [0.15, 0.2) is 36.4 Å². The van der Waals surface area contributed by atoms with E-state index in [-0.39, 0.29) is 41.4 Å². The highest BCUT2D eigenvalue weighted by atomic mass is 16.7. The molecule has 3 heterocycles. The number of aliphatic hydroxyl groups is 6. The van der Waals surface area contributed by atoms with Crippen molar-refractivity contribution < 1.29 is 64.6 Å². The zero-order chi connectivity index (χ0) is 29.6. The second-order valence-electron chi connectivity index (χ2n) is 10.7. The van der Waals surface area contributed by atoms with E-state index in [0.29, 0.717) is 11.1 Å². The number of hydrogen-bond donors (Lipinski definition) is 8. The predicted molar refractivity (Wildman–Crippen MR) is 137 cm³/mol. The minimum Gasteiger partial charge on any atom is -0.508 e. The Labute approximate surface area is 234 Å². The van der Waals surface area contributed by atoms with Crippen molar-refractivity contribution in [3.63, 3.8) is 0 Å². The molecule has 2 aromatic carbocycles. The normalized spacial score (nSPS) is 37.3. The first-order valence-electron chi connectivity index (χ1n) is 13.3. The van der Waals surface area contributed by atoms with Crippen molar-refractivity contribution in [1.29, 1.82) is 0 Å². The molecule has 0 saturated carbocycles. The minimum absolute atomic E-state index is 0.0168. The smallest absolute Gasteiger partial charge is 0.186 e. The van der Waals surface area contributed by atoms with Crippen LogP contribution in [0.4, 0.5) is 0 Å². The van der Waals surface area contributed by atoms with Gasteiger partial charge < -0.3 is 59.8 Å². The number of carbonyl (C=O) groups excluding carboxylic acids is 1. The molecule has 224 valence electrons. The van der Waals surface area contributed by atoms with Crippen LogP contribution < -0.4 is 4.74 Å². The summed E-state index contributed by atoms with van der Waals surface area (Å²) in [5, 5.41) is 81.9. The van der Waals surface area contributed by atoms with Crippen LogP contribution in [0.1, 0.15) is 40.9 Å². The number of ketones is 1. The molecule has 13 heteroatoms. The first kappa shape index (κ1) is 29.6. The van der Waals surface area contributed by atoms with Gasteiger partial charge in [0.25, 0.3) is 0 Å². The molecule has 0 bridgehead atoms. The van der Waals surface area contributed by atoms with E-state index in [0.717, 1.165) is 0 Å². The van der Waals surface area contributed by atoms with Crippen LogP contribution in [0, 0.1) is 0 Å². The third kappa shape index (κ3) is 5.91. The molecule has 2 fully saturated rings. The molecule has 13 nitrogen and oxygen atoms in total. The molecule has 2 saturated heterocycles. The van der Waals surface area contributed by atoms with E-state index >= 15 is 0 Å². The van der Waals surface area contributed by atoms with Crippen LogP contribution in [0.25, 0.3) is 0 Å². The molecule has 0 aliphatic carbocycles. The number of benzene rings is 2. The van der Waals surface area contributed by atoms with Gasteiger partial charge in [-0.2, -0.15) is 0 Å². The zero-order valence-corrected chi connectivity index (χ0v) is 22.1. The number of Topliss-reactive ketones (excluding diaryl/α,β-unsaturated/α-hetero) is 1. The number of carbonyl (C=O) groups is 1. The summed E-state index contributed by atoms with van der Waals surface area (Å²) < 4.78 is 22.8. The summed E-state index contributed by atoms with van der Waals surface area (Å²) >= 11 is 0. The Morgan fingerprint density at radius 2 is 1.49 bits per heavy atom. The van der Waals surface area contributed by atoms with Gasteiger partial charge in [0, 0.05) is 6.42 Å². The fourth-order valence-corrected chi connectivity index (χ4v) is 5.39. The van der Waals surface area contributed by atoms with Crippen molar-refractivity contribution in [2.75, 3.05) is 6.61 Å². The molecule has 0 radical (unpaired) electrons. The average molecular weight is 579 g/mol. The monoisotopic (exact) mass is 578 g/mol. The largest absolute Gasteiger partial charge is 0.508 e. The lowest BCUT2D eigenvalue weighted by molar-refractivity contribution is -0.308. The number of rotatable bonds is 6. The highest BCUT2D eigenvalue weighted by Gasteiger charge is 2.46. The summed E-state index contributed by atoms with van der Waals surface area (Å²) in [6, 6.07) is 9.07. The molecule has 41 heavy (non-hydrogen) atoms. The van der Waals surface area contributed by atoms with Crippen molar-refractivity contribution in [3.05, 3.63) is 53.1 Å². The number of fused-ring (bicyclic) bond motifs is 1. The van der Waals surface area contributed by atoms with Crippen molar-refractivity contribution in [1.82, 2.24) is 0 Å². The molecule has 11 atom stereocenters. The van der Waals surface area contributed by atoms with E-state index in [1.807, 2.05) is 0 Å². The molecule has 0 unspecified atom stereocenters. The summed E-state index contributed by atoms with van der Waals surface area (Å²) in [4.78, 5) is 12.8. The number of phenolic OH excluding ortho intramolecular Hbond substituents is 2. The summed E-state index contributed by atoms with van der Waals surface area (Å²) in [6.45, 7) is 1.08. The maximum Gasteiger partial charge on any atom is 0.186 e. The van der Waals surface area contributed by atoms with Crippen molar-refractivity contribution >= 4 is 5.78 Å². The number of ether oxygens (including phenoxy) is 4. The standard InChI is InChI=1S/C28H34O13/c1-11-22(32)25(35)27(37)28(39-11)38-10-20-24(34)26(36)23(33)19(41-20)8-12-6-15(30)21-16(31)9-17(40-18(21)7-12)13-2-4-14(29)5-3-13/h2-7,11,17,19-20,22-30,32-37H,8-10H2,1H3/t11-,17-,19-,20+,22-,23-,24+,25+,26+,27+,28+/m0/s1. The number of phenols is 2. The Morgan fingerprint density at radius 3 is 2.20 bits per heavy atom. The lowest BCUT2D eigenvalue weighted by Crippen LogP contribution is -2.61. The summed E-state index contributed by atoms with van der Waals surface area (Å²) in [6.07, 6.45) is -14.4. The number of aliphatic hydroxyl groups excluding tert-OH is 6. The van der Waals surface area contributed by atoms with Crippen LogP contribution in [-0.4, -0.2) is 114 Å². The molecule has 5 rings (SSSR count). The first-order chi connectivity index (χ1) is 19.4. The Morgan fingerprint density at radius 1 is 0.829 bits per heavy atom. The second kappa shape index (κ2) is 11.8. The summed E-state index contributed by atoms with van der Waals surface area (Å²) in [7, 11) is 0. The zero-order valence-electron chi connectivity index (χ0n) is 22.1. The van der Waals surface area contributed by atoms with Gasteiger partial charge >= 0.3 is 0 Å². The molecular formula is C28H34O13. The number of hydrogen-bond acceptors (Lipinski definition) is 13. The van der Waals surface area contributed by atoms with Crippen LogP contribution in [0.3, 0.4) is 0 Å². The third-order valence-electron chi connectivity index (χ3n) is 7.81. The molecule has 0 spiro atoms. The van der Waals surface area contributed by atoms with E-state index in [9.17, 15) is 45.6 Å². The quantitative estimate of drug-likeness (QED) is 0.208. The van der Waals surface area contributed by atoms with Crippen molar-refractivity contribution in [2.45, 2.75) is 87.1 Å². The topological polar surface area (TPSA) is 216 Å². The van der Waals surface area contributed by atoms with Crippen molar-refractivity contribution in [3.8, 4) is 17.2 Å². The van der Waals surface area contributed by atoms with Crippen LogP contribution in [0.5, 0.6) is 17.2 Å². The second-order valence-corrected chi connectivity index (χ2v) is 10.7. The van der Waals surface area contributed by atoms with Gasteiger partial charge in [0.1, 0.15) is 71.6 Å². The van der Waals surface area contributed by atoms with Gasteiger partial charge in [-0.3, -0.25) is 4.79 Å². The molecule has 3 aliphatic rings. The fraction of sp³-hybridized carbons (Fsp3) is 0.536. The lowest BCUT2D eigenvalue weighted by Gasteiger charge is -2.42. The van der Waals surface area contributed by atoms with Gasteiger partial charge in [-0.25, -0.2) is 0 Å². The molecule has 0 aromatic heterocycles. The Bertz CT molecular complexity index is 1240. The van der Waals surface area contributed by atoms with E-state index in [2.05, 4.69) is 0 Å². The van der Waals surface area contributed by atoms with E-state index in [1.54, 1.807) is 12.1 Å². The van der Waals surface area contributed by atoms with Crippen LogP contribution in [-0.2, 0) is 20.6 Å². The maximum absolute atomic E-state index is 12.8. The van der Waals surface area contributed by atoms with Gasteiger partial charge in [0.15, 0.2) is 12.1 Å².